The van der Waals surface area contributed by atoms with E-state index in [1.807, 2.05) is 11.9 Å². The summed E-state index contributed by atoms with van der Waals surface area (Å²) in [6.45, 7) is 4.17. The van der Waals surface area contributed by atoms with E-state index in [-0.39, 0.29) is 6.03 Å². The molecule has 0 aromatic heterocycles. The van der Waals surface area contributed by atoms with Crippen molar-refractivity contribution in [3.05, 3.63) is 0 Å². The van der Waals surface area contributed by atoms with Crippen molar-refractivity contribution in [2.24, 2.45) is 5.73 Å². The average molecular weight is 171 g/mol. The molecular formula is C8H17N3O. The van der Waals surface area contributed by atoms with Crippen LogP contribution in [0.15, 0.2) is 0 Å². The van der Waals surface area contributed by atoms with Crippen molar-refractivity contribution in [1.82, 2.24) is 9.80 Å². The minimum Gasteiger partial charge on any atom is -0.329 e. The first-order chi connectivity index (χ1) is 5.70. The van der Waals surface area contributed by atoms with Gasteiger partial charge >= 0.3 is 6.03 Å². The lowest BCUT2D eigenvalue weighted by molar-refractivity contribution is 0.192. The molecule has 1 saturated heterocycles. The molecule has 4 nitrogen and oxygen atoms in total. The highest BCUT2D eigenvalue weighted by Crippen LogP contribution is 2.15. The first kappa shape index (κ1) is 9.32. The molecule has 1 rings (SSSR count). The van der Waals surface area contributed by atoms with E-state index in [2.05, 4.69) is 6.92 Å². The number of amides is 2. The Bertz CT molecular complexity index is 172. The summed E-state index contributed by atoms with van der Waals surface area (Å²) in [6.07, 6.45) is 1.01. The Morgan fingerprint density at radius 3 is 2.83 bits per heavy atom. The SMILES string of the molecule is CCC1CN(C)C(=O)N1CCN. The van der Waals surface area contributed by atoms with E-state index < -0.39 is 0 Å². The molecule has 2 amide bonds. The Balaban J connectivity index is 2.60. The summed E-state index contributed by atoms with van der Waals surface area (Å²) in [7, 11) is 1.83. The highest BCUT2D eigenvalue weighted by molar-refractivity contribution is 5.76. The van der Waals surface area contributed by atoms with Crippen molar-refractivity contribution in [3.8, 4) is 0 Å². The van der Waals surface area contributed by atoms with Crippen LogP contribution in [0.1, 0.15) is 13.3 Å². The molecule has 1 aliphatic rings. The monoisotopic (exact) mass is 171 g/mol. The van der Waals surface area contributed by atoms with Gasteiger partial charge in [0, 0.05) is 26.7 Å². The predicted octanol–water partition coefficient (Wildman–Crippen LogP) is 0.0911. The van der Waals surface area contributed by atoms with Gasteiger partial charge in [-0.05, 0) is 6.42 Å². The largest absolute Gasteiger partial charge is 0.329 e. The Hall–Kier alpha value is -0.770. The molecule has 0 spiro atoms. The van der Waals surface area contributed by atoms with Crippen molar-refractivity contribution in [2.45, 2.75) is 19.4 Å². The lowest BCUT2D eigenvalue weighted by Crippen LogP contribution is -2.37. The van der Waals surface area contributed by atoms with Gasteiger partial charge in [0.15, 0.2) is 0 Å². The topological polar surface area (TPSA) is 49.6 Å². The van der Waals surface area contributed by atoms with Crippen molar-refractivity contribution in [1.29, 1.82) is 0 Å². The molecule has 1 aliphatic heterocycles. The average Bonchev–Trinajstić information content (AvgIpc) is 2.33. The molecule has 70 valence electrons. The quantitative estimate of drug-likeness (QED) is 0.654. The van der Waals surface area contributed by atoms with Gasteiger partial charge in [-0.25, -0.2) is 4.79 Å². The molecular weight excluding hydrogens is 154 g/mol. The summed E-state index contributed by atoms with van der Waals surface area (Å²) >= 11 is 0. The van der Waals surface area contributed by atoms with Crippen LogP contribution in [0.25, 0.3) is 0 Å². The fourth-order valence-corrected chi connectivity index (χ4v) is 1.64. The van der Waals surface area contributed by atoms with E-state index in [1.54, 1.807) is 4.90 Å². The van der Waals surface area contributed by atoms with E-state index >= 15 is 0 Å². The molecule has 12 heavy (non-hydrogen) atoms. The normalized spacial score (nSPS) is 23.9. The molecule has 0 aromatic rings. The van der Waals surface area contributed by atoms with Crippen molar-refractivity contribution in [3.63, 3.8) is 0 Å². The van der Waals surface area contributed by atoms with E-state index in [9.17, 15) is 4.79 Å². The van der Waals surface area contributed by atoms with Crippen molar-refractivity contribution < 1.29 is 4.79 Å². The van der Waals surface area contributed by atoms with Gasteiger partial charge in [0.05, 0.1) is 6.04 Å². The number of hydrogen-bond acceptors (Lipinski definition) is 2. The number of nitrogens with two attached hydrogens (primary N) is 1. The smallest absolute Gasteiger partial charge is 0.320 e. The zero-order valence-electron chi connectivity index (χ0n) is 7.79. The number of rotatable bonds is 3. The minimum absolute atomic E-state index is 0.118. The van der Waals surface area contributed by atoms with Gasteiger partial charge in [-0.15, -0.1) is 0 Å². The molecule has 0 bridgehead atoms. The van der Waals surface area contributed by atoms with Crippen molar-refractivity contribution >= 4 is 6.03 Å². The number of carbonyl (C=O) groups excluding carboxylic acids is 1. The molecule has 0 radical (unpaired) electrons. The fraction of sp³-hybridized carbons (Fsp3) is 0.875. The Morgan fingerprint density at radius 1 is 1.67 bits per heavy atom. The minimum atomic E-state index is 0.118. The number of nitrogens with zero attached hydrogens (tertiary/aromatic N) is 2. The molecule has 1 unspecified atom stereocenters. The van der Waals surface area contributed by atoms with Gasteiger partial charge < -0.3 is 15.5 Å². The predicted molar refractivity (Wildman–Crippen MR) is 47.9 cm³/mol. The summed E-state index contributed by atoms with van der Waals surface area (Å²) < 4.78 is 0. The summed E-state index contributed by atoms with van der Waals surface area (Å²) in [4.78, 5) is 15.1. The first-order valence-electron chi connectivity index (χ1n) is 4.42. The second-order valence-corrected chi connectivity index (χ2v) is 3.21. The van der Waals surface area contributed by atoms with Crippen LogP contribution >= 0.6 is 0 Å². The highest BCUT2D eigenvalue weighted by atomic mass is 16.2. The molecule has 0 aliphatic carbocycles. The van der Waals surface area contributed by atoms with E-state index in [0.717, 1.165) is 13.0 Å². The summed E-state index contributed by atoms with van der Waals surface area (Å²) in [6, 6.07) is 0.485. The number of urea groups is 1. The lowest BCUT2D eigenvalue weighted by atomic mass is 10.2. The van der Waals surface area contributed by atoms with E-state index in [1.165, 1.54) is 0 Å². The molecule has 1 heterocycles. The van der Waals surface area contributed by atoms with Gasteiger partial charge in [0.1, 0.15) is 0 Å². The zero-order valence-corrected chi connectivity index (χ0v) is 7.79. The van der Waals surface area contributed by atoms with Gasteiger partial charge in [0.25, 0.3) is 0 Å². The van der Waals surface area contributed by atoms with Crippen LogP contribution in [-0.2, 0) is 0 Å². The molecule has 0 saturated carbocycles. The number of hydrogen-bond donors (Lipinski definition) is 1. The maximum Gasteiger partial charge on any atom is 0.320 e. The van der Waals surface area contributed by atoms with Crippen molar-refractivity contribution in [2.75, 3.05) is 26.7 Å². The second-order valence-electron chi connectivity index (χ2n) is 3.21. The number of likely N-dealkylation sites (N-methyl/N-ethyl adjacent to an activating group) is 1. The standard InChI is InChI=1S/C8H17N3O/c1-3-7-6-10(2)8(12)11(7)5-4-9/h7H,3-6,9H2,1-2H3. The lowest BCUT2D eigenvalue weighted by Gasteiger charge is -2.20. The van der Waals surface area contributed by atoms with Crippen LogP contribution in [0.4, 0.5) is 4.79 Å². The van der Waals surface area contributed by atoms with Gasteiger partial charge in [-0.3, -0.25) is 0 Å². The maximum atomic E-state index is 11.5. The van der Waals surface area contributed by atoms with Crippen LogP contribution in [-0.4, -0.2) is 48.6 Å². The molecule has 1 fully saturated rings. The molecule has 2 N–H and O–H groups in total. The summed E-state index contributed by atoms with van der Waals surface area (Å²) in [5, 5.41) is 0. The van der Waals surface area contributed by atoms with E-state index in [0.29, 0.717) is 19.1 Å². The van der Waals surface area contributed by atoms with Gasteiger partial charge in [0.2, 0.25) is 0 Å². The summed E-state index contributed by atoms with van der Waals surface area (Å²) in [5.41, 5.74) is 5.42. The van der Waals surface area contributed by atoms with Crippen LogP contribution < -0.4 is 5.73 Å². The third kappa shape index (κ3) is 1.53. The third-order valence-corrected chi connectivity index (χ3v) is 2.34. The van der Waals surface area contributed by atoms with Gasteiger partial charge in [-0.1, -0.05) is 6.92 Å². The zero-order chi connectivity index (χ0) is 9.14. The Morgan fingerprint density at radius 2 is 2.33 bits per heavy atom. The van der Waals surface area contributed by atoms with Crippen LogP contribution in [0, 0.1) is 0 Å². The Labute approximate surface area is 73.3 Å². The van der Waals surface area contributed by atoms with E-state index in [4.69, 9.17) is 5.73 Å². The van der Waals surface area contributed by atoms with Crippen LogP contribution in [0.3, 0.4) is 0 Å². The molecule has 0 aromatic carbocycles. The van der Waals surface area contributed by atoms with Crippen LogP contribution in [0.5, 0.6) is 0 Å². The maximum absolute atomic E-state index is 11.5. The fourth-order valence-electron chi connectivity index (χ4n) is 1.64. The van der Waals surface area contributed by atoms with Crippen LogP contribution in [0.2, 0.25) is 0 Å². The van der Waals surface area contributed by atoms with Gasteiger partial charge in [-0.2, -0.15) is 0 Å². The highest BCUT2D eigenvalue weighted by Gasteiger charge is 2.32. The molecule has 1 atom stereocenters. The third-order valence-electron chi connectivity index (χ3n) is 2.34. The second kappa shape index (κ2) is 3.76. The number of carbonyl (C=O) groups is 1. The summed E-state index contributed by atoms with van der Waals surface area (Å²) in [5.74, 6) is 0. The first-order valence-corrected chi connectivity index (χ1v) is 4.42. The molecule has 4 heteroatoms. The Kier molecular flexibility index (Phi) is 2.92.